The normalized spacial score (nSPS) is 11.5. The molecular weight excluding hydrogens is 214 g/mol. The maximum atomic E-state index is 9.26. The zero-order chi connectivity index (χ0) is 12.7. The molecule has 3 heteroatoms. The van der Waals surface area contributed by atoms with E-state index in [-0.39, 0.29) is 11.2 Å². The second-order valence-corrected chi connectivity index (χ2v) is 5.17. The number of nitrogens with two attached hydrogens (primary N) is 1. The van der Waals surface area contributed by atoms with Gasteiger partial charge < -0.3 is 15.6 Å². The van der Waals surface area contributed by atoms with Crippen LogP contribution < -0.4 is 10.5 Å². The van der Waals surface area contributed by atoms with E-state index in [0.717, 1.165) is 31.6 Å². The van der Waals surface area contributed by atoms with Crippen LogP contribution in [0.3, 0.4) is 0 Å². The van der Waals surface area contributed by atoms with E-state index in [0.29, 0.717) is 6.61 Å². The van der Waals surface area contributed by atoms with Crippen molar-refractivity contribution < 1.29 is 9.84 Å². The molecule has 1 aromatic carbocycles. The molecule has 3 nitrogen and oxygen atoms in total. The van der Waals surface area contributed by atoms with Gasteiger partial charge in [0, 0.05) is 6.07 Å². The number of benzene rings is 1. The van der Waals surface area contributed by atoms with Crippen molar-refractivity contribution in [3.05, 3.63) is 24.3 Å². The molecule has 0 saturated carbocycles. The minimum Gasteiger partial charge on any atom is -0.508 e. The lowest BCUT2D eigenvalue weighted by atomic mass is 9.87. The highest BCUT2D eigenvalue weighted by Gasteiger charge is 2.14. The second kappa shape index (κ2) is 6.50. The van der Waals surface area contributed by atoms with Crippen LogP contribution in [-0.4, -0.2) is 18.3 Å². The molecule has 0 aliphatic carbocycles. The summed E-state index contributed by atoms with van der Waals surface area (Å²) in [5.74, 6) is 0.967. The largest absolute Gasteiger partial charge is 0.508 e. The van der Waals surface area contributed by atoms with Crippen molar-refractivity contribution in [1.29, 1.82) is 0 Å². The smallest absolute Gasteiger partial charge is 0.122 e. The van der Waals surface area contributed by atoms with Crippen LogP contribution in [0.2, 0.25) is 0 Å². The van der Waals surface area contributed by atoms with Gasteiger partial charge in [0.2, 0.25) is 0 Å². The molecule has 0 spiro atoms. The van der Waals surface area contributed by atoms with Gasteiger partial charge in [0.1, 0.15) is 11.5 Å². The third-order valence-electron chi connectivity index (χ3n) is 2.89. The number of unbranched alkanes of at least 4 members (excludes halogenated alkanes) is 1. The van der Waals surface area contributed by atoms with E-state index >= 15 is 0 Å². The highest BCUT2D eigenvalue weighted by atomic mass is 16.5. The molecule has 0 radical (unpaired) electrons. The van der Waals surface area contributed by atoms with Gasteiger partial charge in [-0.25, -0.2) is 0 Å². The molecule has 0 aliphatic rings. The Bertz CT molecular complexity index is 337. The first-order valence-corrected chi connectivity index (χ1v) is 6.15. The average Bonchev–Trinajstić information content (AvgIpc) is 2.29. The Balaban J connectivity index is 2.17. The van der Waals surface area contributed by atoms with Crippen LogP contribution >= 0.6 is 0 Å². The molecular formula is C14H23NO2. The summed E-state index contributed by atoms with van der Waals surface area (Å²) in [4.78, 5) is 0. The topological polar surface area (TPSA) is 55.5 Å². The highest BCUT2D eigenvalue weighted by molar-refractivity contribution is 5.31. The Morgan fingerprint density at radius 3 is 2.71 bits per heavy atom. The summed E-state index contributed by atoms with van der Waals surface area (Å²) in [7, 11) is 0. The van der Waals surface area contributed by atoms with Crippen molar-refractivity contribution >= 4 is 0 Å². The standard InChI is InChI=1S/C14H23NO2/c1-14(2,11-15)8-3-4-9-17-13-7-5-6-12(16)10-13/h5-7,10,16H,3-4,8-9,11,15H2,1-2H3. The summed E-state index contributed by atoms with van der Waals surface area (Å²) < 4.78 is 5.54. The fraction of sp³-hybridized carbons (Fsp3) is 0.571. The van der Waals surface area contributed by atoms with Crippen molar-refractivity contribution in [3.63, 3.8) is 0 Å². The first kappa shape index (κ1) is 13.8. The van der Waals surface area contributed by atoms with Gasteiger partial charge in [0.15, 0.2) is 0 Å². The molecule has 96 valence electrons. The number of phenols is 1. The Hall–Kier alpha value is -1.22. The third-order valence-corrected chi connectivity index (χ3v) is 2.89. The monoisotopic (exact) mass is 237 g/mol. The minimum atomic E-state index is 0.227. The van der Waals surface area contributed by atoms with Gasteiger partial charge >= 0.3 is 0 Å². The maximum absolute atomic E-state index is 9.26. The van der Waals surface area contributed by atoms with Crippen LogP contribution in [0.1, 0.15) is 33.1 Å². The summed E-state index contributed by atoms with van der Waals surface area (Å²) in [6.07, 6.45) is 3.25. The number of hydrogen-bond donors (Lipinski definition) is 2. The molecule has 0 fully saturated rings. The lowest BCUT2D eigenvalue weighted by Gasteiger charge is -2.21. The lowest BCUT2D eigenvalue weighted by Crippen LogP contribution is -2.23. The van der Waals surface area contributed by atoms with Crippen molar-refractivity contribution in [2.24, 2.45) is 11.1 Å². The average molecular weight is 237 g/mol. The summed E-state index contributed by atoms with van der Waals surface area (Å²) in [6, 6.07) is 6.90. The van der Waals surface area contributed by atoms with Gasteiger partial charge in [-0.05, 0) is 43.4 Å². The molecule has 0 aliphatic heterocycles. The quantitative estimate of drug-likeness (QED) is 0.717. The molecule has 0 amide bonds. The van der Waals surface area contributed by atoms with Gasteiger partial charge in [0.25, 0.3) is 0 Å². The van der Waals surface area contributed by atoms with Gasteiger partial charge in [-0.1, -0.05) is 19.9 Å². The van der Waals surface area contributed by atoms with E-state index in [4.69, 9.17) is 10.5 Å². The fourth-order valence-corrected chi connectivity index (χ4v) is 1.57. The van der Waals surface area contributed by atoms with Crippen LogP contribution in [0.25, 0.3) is 0 Å². The van der Waals surface area contributed by atoms with Crippen molar-refractivity contribution in [1.82, 2.24) is 0 Å². The summed E-state index contributed by atoms with van der Waals surface area (Å²) in [5, 5.41) is 9.26. The number of rotatable bonds is 7. The predicted molar refractivity (Wildman–Crippen MR) is 70.3 cm³/mol. The maximum Gasteiger partial charge on any atom is 0.122 e. The Labute approximate surface area is 104 Å². The number of ether oxygens (including phenoxy) is 1. The van der Waals surface area contributed by atoms with E-state index in [1.165, 1.54) is 0 Å². The van der Waals surface area contributed by atoms with E-state index in [1.54, 1.807) is 18.2 Å². The fourth-order valence-electron chi connectivity index (χ4n) is 1.57. The van der Waals surface area contributed by atoms with Crippen molar-refractivity contribution in [2.45, 2.75) is 33.1 Å². The van der Waals surface area contributed by atoms with Crippen LogP contribution in [0.15, 0.2) is 24.3 Å². The molecule has 0 atom stereocenters. The summed E-state index contributed by atoms with van der Waals surface area (Å²) >= 11 is 0. The third kappa shape index (κ3) is 5.59. The Morgan fingerprint density at radius 2 is 2.06 bits per heavy atom. The minimum absolute atomic E-state index is 0.227. The highest BCUT2D eigenvalue weighted by Crippen LogP contribution is 2.22. The SMILES string of the molecule is CC(C)(CN)CCCCOc1cccc(O)c1. The Kier molecular flexibility index (Phi) is 5.29. The summed E-state index contributed by atoms with van der Waals surface area (Å²) in [5.41, 5.74) is 5.90. The molecule has 3 N–H and O–H groups in total. The summed E-state index contributed by atoms with van der Waals surface area (Å²) in [6.45, 7) is 5.77. The number of hydrogen-bond acceptors (Lipinski definition) is 3. The molecule has 1 rings (SSSR count). The van der Waals surface area contributed by atoms with Gasteiger partial charge in [0.05, 0.1) is 6.61 Å². The second-order valence-electron chi connectivity index (χ2n) is 5.17. The van der Waals surface area contributed by atoms with E-state index < -0.39 is 0 Å². The molecule has 0 bridgehead atoms. The van der Waals surface area contributed by atoms with Crippen LogP contribution in [-0.2, 0) is 0 Å². The van der Waals surface area contributed by atoms with Crippen molar-refractivity contribution in [3.8, 4) is 11.5 Å². The first-order chi connectivity index (χ1) is 8.03. The Morgan fingerprint density at radius 1 is 1.29 bits per heavy atom. The number of phenolic OH excluding ortho intramolecular Hbond substituents is 1. The number of aromatic hydroxyl groups is 1. The van der Waals surface area contributed by atoms with Crippen LogP contribution in [0.4, 0.5) is 0 Å². The zero-order valence-electron chi connectivity index (χ0n) is 10.8. The molecule has 0 saturated heterocycles. The molecule has 1 aromatic rings. The lowest BCUT2D eigenvalue weighted by molar-refractivity contribution is 0.278. The van der Waals surface area contributed by atoms with E-state index in [9.17, 15) is 5.11 Å². The zero-order valence-corrected chi connectivity index (χ0v) is 10.8. The van der Waals surface area contributed by atoms with E-state index in [2.05, 4.69) is 13.8 Å². The van der Waals surface area contributed by atoms with Gasteiger partial charge in [-0.2, -0.15) is 0 Å². The van der Waals surface area contributed by atoms with Gasteiger partial charge in [-0.15, -0.1) is 0 Å². The van der Waals surface area contributed by atoms with Gasteiger partial charge in [-0.3, -0.25) is 0 Å². The van der Waals surface area contributed by atoms with Crippen molar-refractivity contribution in [2.75, 3.05) is 13.2 Å². The molecule has 0 unspecified atom stereocenters. The van der Waals surface area contributed by atoms with E-state index in [1.807, 2.05) is 6.07 Å². The molecule has 0 heterocycles. The molecule has 17 heavy (non-hydrogen) atoms. The van der Waals surface area contributed by atoms with Crippen LogP contribution in [0, 0.1) is 5.41 Å². The predicted octanol–water partition coefficient (Wildman–Crippen LogP) is 2.93. The molecule has 0 aromatic heterocycles. The first-order valence-electron chi connectivity index (χ1n) is 6.15. The van der Waals surface area contributed by atoms with Crippen LogP contribution in [0.5, 0.6) is 11.5 Å².